The van der Waals surface area contributed by atoms with Crippen LogP contribution in [0.5, 0.6) is 5.75 Å². The summed E-state index contributed by atoms with van der Waals surface area (Å²) in [4.78, 5) is 0. The number of hydrogen-bond acceptors (Lipinski definition) is 5. The third-order valence-corrected chi connectivity index (χ3v) is 5.03. The number of aliphatic hydroxyl groups is 1. The van der Waals surface area contributed by atoms with Crippen LogP contribution in [0.4, 0.5) is 0 Å². The maximum atomic E-state index is 12.1. The molecule has 0 heterocycles. The Kier molecular flexibility index (Phi) is 5.35. The van der Waals surface area contributed by atoms with Crippen molar-refractivity contribution in [3.8, 4) is 5.75 Å². The molecule has 102 valence electrons. The highest BCUT2D eigenvalue weighted by Gasteiger charge is 2.37. The summed E-state index contributed by atoms with van der Waals surface area (Å²) in [6, 6.07) is 7.18. The zero-order valence-corrected chi connectivity index (χ0v) is 11.9. The average molecular weight is 274 g/mol. The van der Waals surface area contributed by atoms with Gasteiger partial charge in [0.1, 0.15) is 5.75 Å². The predicted octanol–water partition coefficient (Wildman–Crippen LogP) is 2.60. The molecule has 1 aromatic carbocycles. The summed E-state index contributed by atoms with van der Waals surface area (Å²) in [6.07, 6.45) is 0. The SMILES string of the molecule is COc1ccc(C(C)C(O)P(=O)(OC)OC)cc1. The van der Waals surface area contributed by atoms with E-state index < -0.39 is 13.4 Å². The molecule has 5 nitrogen and oxygen atoms in total. The average Bonchev–Trinajstić information content (AvgIpc) is 2.44. The minimum absolute atomic E-state index is 0.373. The van der Waals surface area contributed by atoms with Gasteiger partial charge in [-0.05, 0) is 17.7 Å². The normalized spacial score (nSPS) is 15.2. The quantitative estimate of drug-likeness (QED) is 0.808. The maximum absolute atomic E-state index is 12.1. The zero-order valence-electron chi connectivity index (χ0n) is 11.0. The molecule has 0 bridgehead atoms. The Labute approximate surface area is 107 Å². The number of rotatable bonds is 6. The van der Waals surface area contributed by atoms with Crippen molar-refractivity contribution in [3.05, 3.63) is 29.8 Å². The van der Waals surface area contributed by atoms with E-state index >= 15 is 0 Å². The predicted molar refractivity (Wildman–Crippen MR) is 69.0 cm³/mol. The van der Waals surface area contributed by atoms with Crippen molar-refractivity contribution < 1.29 is 23.5 Å². The lowest BCUT2D eigenvalue weighted by Gasteiger charge is -2.25. The Morgan fingerprint density at radius 1 is 1.11 bits per heavy atom. The molecular formula is C12H19O5P. The standard InChI is InChI=1S/C12H19O5P/c1-9(12(13)18(14,16-3)17-4)10-5-7-11(15-2)8-6-10/h5-9,12-13H,1-4H3. The van der Waals surface area contributed by atoms with Crippen LogP contribution in [0.25, 0.3) is 0 Å². The Morgan fingerprint density at radius 2 is 1.61 bits per heavy atom. The molecule has 2 atom stereocenters. The molecule has 1 aromatic rings. The second kappa shape index (κ2) is 6.34. The number of ether oxygens (including phenoxy) is 1. The van der Waals surface area contributed by atoms with E-state index in [4.69, 9.17) is 13.8 Å². The molecule has 0 aromatic heterocycles. The highest BCUT2D eigenvalue weighted by Crippen LogP contribution is 2.54. The van der Waals surface area contributed by atoms with Crippen molar-refractivity contribution in [2.75, 3.05) is 21.3 Å². The van der Waals surface area contributed by atoms with Gasteiger partial charge < -0.3 is 18.9 Å². The molecule has 0 saturated heterocycles. The van der Waals surface area contributed by atoms with Crippen molar-refractivity contribution in [2.24, 2.45) is 0 Å². The van der Waals surface area contributed by atoms with E-state index in [-0.39, 0.29) is 5.92 Å². The molecule has 0 amide bonds. The van der Waals surface area contributed by atoms with Crippen molar-refractivity contribution >= 4 is 7.60 Å². The van der Waals surface area contributed by atoms with Crippen LogP contribution in [0.1, 0.15) is 18.4 Å². The summed E-state index contributed by atoms with van der Waals surface area (Å²) in [7, 11) is 0.609. The Bertz CT molecular complexity index is 409. The van der Waals surface area contributed by atoms with Gasteiger partial charge in [0.2, 0.25) is 0 Å². The van der Waals surface area contributed by atoms with Gasteiger partial charge in [0, 0.05) is 20.1 Å². The molecule has 0 radical (unpaired) electrons. The fraction of sp³-hybridized carbons (Fsp3) is 0.500. The monoisotopic (exact) mass is 274 g/mol. The molecule has 0 spiro atoms. The molecular weight excluding hydrogens is 255 g/mol. The maximum Gasteiger partial charge on any atom is 0.358 e. The van der Waals surface area contributed by atoms with E-state index in [0.717, 1.165) is 11.3 Å². The minimum Gasteiger partial charge on any atom is -0.497 e. The van der Waals surface area contributed by atoms with E-state index in [2.05, 4.69) is 0 Å². The Balaban J connectivity index is 2.91. The van der Waals surface area contributed by atoms with Gasteiger partial charge in [0.15, 0.2) is 5.85 Å². The van der Waals surface area contributed by atoms with Crippen molar-refractivity contribution in [3.63, 3.8) is 0 Å². The molecule has 0 aliphatic rings. The number of hydrogen-bond donors (Lipinski definition) is 1. The second-order valence-electron chi connectivity index (χ2n) is 3.88. The van der Waals surface area contributed by atoms with Gasteiger partial charge in [-0.25, -0.2) is 0 Å². The van der Waals surface area contributed by atoms with Gasteiger partial charge in [-0.2, -0.15) is 0 Å². The largest absolute Gasteiger partial charge is 0.497 e. The Hall–Kier alpha value is -0.870. The van der Waals surface area contributed by atoms with Crippen LogP contribution in [0.3, 0.4) is 0 Å². The van der Waals surface area contributed by atoms with E-state index in [1.54, 1.807) is 26.2 Å². The fourth-order valence-corrected chi connectivity index (χ4v) is 2.94. The summed E-state index contributed by atoms with van der Waals surface area (Å²) in [5.74, 6) is -0.857. The highest BCUT2D eigenvalue weighted by molar-refractivity contribution is 7.54. The van der Waals surface area contributed by atoms with Gasteiger partial charge >= 0.3 is 7.60 Å². The van der Waals surface area contributed by atoms with Gasteiger partial charge in [0.25, 0.3) is 0 Å². The molecule has 1 N–H and O–H groups in total. The first kappa shape index (κ1) is 15.2. The molecule has 0 saturated carbocycles. The fourth-order valence-electron chi connectivity index (χ4n) is 1.64. The highest BCUT2D eigenvalue weighted by atomic mass is 31.2. The third-order valence-electron chi connectivity index (χ3n) is 2.92. The molecule has 2 unspecified atom stereocenters. The summed E-state index contributed by atoms with van der Waals surface area (Å²) in [6.45, 7) is 1.76. The van der Waals surface area contributed by atoms with Crippen molar-refractivity contribution in [1.29, 1.82) is 0 Å². The van der Waals surface area contributed by atoms with Gasteiger partial charge in [-0.15, -0.1) is 0 Å². The van der Waals surface area contributed by atoms with E-state index in [9.17, 15) is 9.67 Å². The number of aliphatic hydroxyl groups excluding tert-OH is 1. The minimum atomic E-state index is -3.49. The second-order valence-corrected chi connectivity index (χ2v) is 6.22. The number of methoxy groups -OCH3 is 1. The first-order valence-electron chi connectivity index (χ1n) is 5.51. The van der Waals surface area contributed by atoms with Crippen molar-refractivity contribution in [1.82, 2.24) is 0 Å². The van der Waals surface area contributed by atoms with E-state index in [1.165, 1.54) is 14.2 Å². The van der Waals surface area contributed by atoms with Crippen LogP contribution < -0.4 is 4.74 Å². The third kappa shape index (κ3) is 3.12. The first-order valence-corrected chi connectivity index (χ1v) is 7.13. The molecule has 1 rings (SSSR count). The van der Waals surface area contributed by atoms with Crippen LogP contribution in [-0.4, -0.2) is 32.3 Å². The van der Waals surface area contributed by atoms with Crippen LogP contribution in [0.2, 0.25) is 0 Å². The lowest BCUT2D eigenvalue weighted by molar-refractivity contribution is 0.158. The topological polar surface area (TPSA) is 65.0 Å². The van der Waals surface area contributed by atoms with Gasteiger partial charge in [-0.1, -0.05) is 19.1 Å². The summed E-state index contributed by atoms with van der Waals surface area (Å²) in [5, 5.41) is 10.1. The first-order chi connectivity index (χ1) is 8.48. The number of benzene rings is 1. The lowest BCUT2D eigenvalue weighted by atomic mass is 10.0. The van der Waals surface area contributed by atoms with E-state index in [1.807, 2.05) is 12.1 Å². The van der Waals surface area contributed by atoms with Gasteiger partial charge in [0.05, 0.1) is 7.11 Å². The van der Waals surface area contributed by atoms with Gasteiger partial charge in [-0.3, -0.25) is 4.57 Å². The molecule has 18 heavy (non-hydrogen) atoms. The molecule has 0 aliphatic carbocycles. The van der Waals surface area contributed by atoms with Crippen LogP contribution >= 0.6 is 7.60 Å². The molecule has 0 aliphatic heterocycles. The zero-order chi connectivity index (χ0) is 13.8. The van der Waals surface area contributed by atoms with Crippen LogP contribution in [-0.2, 0) is 13.6 Å². The smallest absolute Gasteiger partial charge is 0.358 e. The van der Waals surface area contributed by atoms with Crippen LogP contribution in [0, 0.1) is 0 Å². The molecule has 0 fully saturated rings. The Morgan fingerprint density at radius 3 is 2.00 bits per heavy atom. The summed E-state index contributed by atoms with van der Waals surface area (Å²) < 4.78 is 26.7. The van der Waals surface area contributed by atoms with Crippen molar-refractivity contribution in [2.45, 2.75) is 18.7 Å². The van der Waals surface area contributed by atoms with E-state index in [0.29, 0.717) is 0 Å². The lowest BCUT2D eigenvalue weighted by Crippen LogP contribution is -2.18. The molecule has 6 heteroatoms. The summed E-state index contributed by atoms with van der Waals surface area (Å²) >= 11 is 0. The van der Waals surface area contributed by atoms with Crippen LogP contribution in [0.15, 0.2) is 24.3 Å². The summed E-state index contributed by atoms with van der Waals surface area (Å²) in [5.41, 5.74) is 0.831.